The molecule has 0 spiro atoms. The molecule has 0 saturated carbocycles. The Morgan fingerprint density at radius 3 is 2.24 bits per heavy atom. The van der Waals surface area contributed by atoms with E-state index in [4.69, 9.17) is 34.0 Å². The number of nitrogens with two attached hydrogens (primary N) is 1. The number of nitrogen functional groups attached to an aromatic ring is 1. The van der Waals surface area contributed by atoms with E-state index in [-0.39, 0.29) is 15.7 Å². The normalized spacial score (nSPS) is 10.5. The minimum absolute atomic E-state index is 0.204. The second kappa shape index (κ2) is 5.56. The van der Waals surface area contributed by atoms with Crippen molar-refractivity contribution >= 4 is 46.5 Å². The van der Waals surface area contributed by atoms with Gasteiger partial charge in [0.1, 0.15) is 0 Å². The summed E-state index contributed by atoms with van der Waals surface area (Å²) in [4.78, 5) is 21.4. The highest BCUT2D eigenvalue weighted by molar-refractivity contribution is 6.39. The molecule has 0 aromatic heterocycles. The molecule has 0 unspecified atom stereocenters. The summed E-state index contributed by atoms with van der Waals surface area (Å²) < 4.78 is 0. The van der Waals surface area contributed by atoms with Crippen LogP contribution in [0.25, 0.3) is 0 Å². The van der Waals surface area contributed by atoms with Crippen molar-refractivity contribution in [3.8, 4) is 0 Å². The van der Waals surface area contributed by atoms with Gasteiger partial charge in [-0.15, -0.1) is 0 Å². The second-order valence-electron chi connectivity index (χ2n) is 3.01. The Morgan fingerprint density at radius 1 is 1.24 bits per heavy atom. The Morgan fingerprint density at radius 2 is 1.76 bits per heavy atom. The molecule has 0 heterocycles. The van der Waals surface area contributed by atoms with Crippen molar-refractivity contribution in [2.45, 2.75) is 0 Å². The number of benzene rings is 1. The molecule has 1 aromatic rings. The van der Waals surface area contributed by atoms with Crippen molar-refractivity contribution < 1.29 is 14.7 Å². The lowest BCUT2D eigenvalue weighted by molar-refractivity contribution is -0.131. The van der Waals surface area contributed by atoms with Crippen LogP contribution >= 0.6 is 23.2 Å². The molecule has 17 heavy (non-hydrogen) atoms. The predicted molar refractivity (Wildman–Crippen MR) is 66.3 cm³/mol. The number of carboxylic acid groups (broad SMARTS) is 1. The number of halogens is 2. The van der Waals surface area contributed by atoms with Crippen LogP contribution in [0.5, 0.6) is 0 Å². The first-order chi connectivity index (χ1) is 7.90. The topological polar surface area (TPSA) is 92.4 Å². The molecule has 0 bridgehead atoms. The monoisotopic (exact) mass is 274 g/mol. The number of aliphatic carboxylic acids is 1. The highest BCUT2D eigenvalue weighted by atomic mass is 35.5. The maximum atomic E-state index is 11.2. The van der Waals surface area contributed by atoms with Crippen molar-refractivity contribution in [3.05, 3.63) is 34.3 Å². The highest BCUT2D eigenvalue weighted by Crippen LogP contribution is 2.30. The van der Waals surface area contributed by atoms with Gasteiger partial charge in [-0.05, 0) is 12.1 Å². The summed E-state index contributed by atoms with van der Waals surface area (Å²) in [6, 6.07) is 2.82. The fourth-order valence-corrected chi connectivity index (χ4v) is 1.47. The van der Waals surface area contributed by atoms with Gasteiger partial charge in [0.2, 0.25) is 5.91 Å². The van der Waals surface area contributed by atoms with E-state index in [1.54, 1.807) is 0 Å². The summed E-state index contributed by atoms with van der Waals surface area (Å²) in [7, 11) is 0. The molecule has 0 aliphatic rings. The number of carboxylic acids is 1. The van der Waals surface area contributed by atoms with Gasteiger partial charge in [-0.25, -0.2) is 4.79 Å². The Balaban J connectivity index is 2.82. The smallest absolute Gasteiger partial charge is 0.328 e. The fraction of sp³-hybridized carbons (Fsp3) is 0. The minimum Gasteiger partial charge on any atom is -0.478 e. The first kappa shape index (κ1) is 13.3. The first-order valence-corrected chi connectivity index (χ1v) is 5.12. The molecule has 0 fully saturated rings. The zero-order chi connectivity index (χ0) is 13.0. The van der Waals surface area contributed by atoms with Crippen molar-refractivity contribution in [2.24, 2.45) is 0 Å². The lowest BCUT2D eigenvalue weighted by Crippen LogP contribution is -2.09. The molecule has 7 heteroatoms. The summed E-state index contributed by atoms with van der Waals surface area (Å²) in [5.74, 6) is -1.82. The van der Waals surface area contributed by atoms with E-state index < -0.39 is 11.9 Å². The average molecular weight is 275 g/mol. The lowest BCUT2D eigenvalue weighted by atomic mass is 10.2. The molecule has 0 aliphatic heterocycles. The molecule has 0 atom stereocenters. The largest absolute Gasteiger partial charge is 0.478 e. The number of carbonyl (C=O) groups is 2. The number of nitrogens with one attached hydrogen (secondary N) is 1. The molecule has 4 N–H and O–H groups in total. The molecule has 1 aromatic carbocycles. The number of anilines is 2. The van der Waals surface area contributed by atoms with Crippen LogP contribution in [0.3, 0.4) is 0 Å². The third-order valence-electron chi connectivity index (χ3n) is 1.72. The average Bonchev–Trinajstić information content (AvgIpc) is 2.23. The summed E-state index contributed by atoms with van der Waals surface area (Å²) in [5, 5.41) is 11.1. The van der Waals surface area contributed by atoms with Gasteiger partial charge in [0.05, 0.1) is 15.7 Å². The van der Waals surface area contributed by atoms with Crippen molar-refractivity contribution in [1.29, 1.82) is 0 Å². The van der Waals surface area contributed by atoms with E-state index in [1.807, 2.05) is 0 Å². The van der Waals surface area contributed by atoms with Crippen LogP contribution in [0.1, 0.15) is 0 Å². The summed E-state index contributed by atoms with van der Waals surface area (Å²) in [5.41, 5.74) is 6.05. The molecule has 0 aliphatic carbocycles. The Kier molecular flexibility index (Phi) is 4.37. The zero-order valence-corrected chi connectivity index (χ0v) is 9.92. The molecule has 0 radical (unpaired) electrons. The third-order valence-corrected chi connectivity index (χ3v) is 2.35. The van der Waals surface area contributed by atoms with Gasteiger partial charge < -0.3 is 16.2 Å². The number of carbonyl (C=O) groups excluding carboxylic acids is 1. The van der Waals surface area contributed by atoms with Crippen LogP contribution in [0, 0.1) is 0 Å². The predicted octanol–water partition coefficient (Wildman–Crippen LogP) is 2.15. The summed E-state index contributed by atoms with van der Waals surface area (Å²) >= 11 is 11.5. The Labute approximate surface area is 107 Å². The van der Waals surface area contributed by atoms with Crippen LogP contribution in [0.4, 0.5) is 11.4 Å². The van der Waals surface area contributed by atoms with Crippen LogP contribution in [-0.2, 0) is 9.59 Å². The minimum atomic E-state index is -1.21. The number of hydrogen-bond donors (Lipinski definition) is 3. The van der Waals surface area contributed by atoms with Crippen molar-refractivity contribution in [3.63, 3.8) is 0 Å². The second-order valence-corrected chi connectivity index (χ2v) is 3.83. The number of rotatable bonds is 3. The Bertz CT molecular complexity index is 477. The molecule has 0 saturated heterocycles. The van der Waals surface area contributed by atoms with Gasteiger partial charge in [0, 0.05) is 17.8 Å². The SMILES string of the molecule is Nc1c(Cl)cc(NC(=O)/C=C/C(=O)O)cc1Cl. The molecular weight excluding hydrogens is 267 g/mol. The maximum absolute atomic E-state index is 11.2. The van der Waals surface area contributed by atoms with E-state index >= 15 is 0 Å². The molecule has 1 rings (SSSR count). The van der Waals surface area contributed by atoms with E-state index in [0.29, 0.717) is 5.69 Å². The highest BCUT2D eigenvalue weighted by Gasteiger charge is 2.06. The zero-order valence-electron chi connectivity index (χ0n) is 8.41. The van der Waals surface area contributed by atoms with Crippen LogP contribution in [0.2, 0.25) is 10.0 Å². The van der Waals surface area contributed by atoms with Gasteiger partial charge in [-0.2, -0.15) is 0 Å². The van der Waals surface area contributed by atoms with Gasteiger partial charge in [0.25, 0.3) is 0 Å². The molecular formula is C10H8Cl2N2O3. The van der Waals surface area contributed by atoms with E-state index in [9.17, 15) is 9.59 Å². The van der Waals surface area contributed by atoms with Crippen LogP contribution in [0.15, 0.2) is 24.3 Å². The molecule has 90 valence electrons. The van der Waals surface area contributed by atoms with Gasteiger partial charge in [-0.1, -0.05) is 23.2 Å². The third kappa shape index (κ3) is 3.97. The van der Waals surface area contributed by atoms with E-state index in [1.165, 1.54) is 12.1 Å². The number of amides is 1. The van der Waals surface area contributed by atoms with Crippen LogP contribution < -0.4 is 11.1 Å². The van der Waals surface area contributed by atoms with Crippen molar-refractivity contribution in [1.82, 2.24) is 0 Å². The maximum Gasteiger partial charge on any atom is 0.328 e. The molecule has 5 nitrogen and oxygen atoms in total. The Hall–Kier alpha value is -1.72. The van der Waals surface area contributed by atoms with Crippen molar-refractivity contribution in [2.75, 3.05) is 11.1 Å². The van der Waals surface area contributed by atoms with Crippen LogP contribution in [-0.4, -0.2) is 17.0 Å². The lowest BCUT2D eigenvalue weighted by Gasteiger charge is -2.06. The van der Waals surface area contributed by atoms with Gasteiger partial charge >= 0.3 is 5.97 Å². The quantitative estimate of drug-likeness (QED) is 0.582. The first-order valence-electron chi connectivity index (χ1n) is 4.36. The van der Waals surface area contributed by atoms with E-state index in [0.717, 1.165) is 12.2 Å². The van der Waals surface area contributed by atoms with E-state index in [2.05, 4.69) is 5.32 Å². The summed E-state index contributed by atoms with van der Waals surface area (Å²) in [6.45, 7) is 0. The fourth-order valence-electron chi connectivity index (χ4n) is 0.987. The summed E-state index contributed by atoms with van der Waals surface area (Å²) in [6.07, 6.45) is 1.59. The number of hydrogen-bond acceptors (Lipinski definition) is 3. The van der Waals surface area contributed by atoms with Gasteiger partial charge in [0.15, 0.2) is 0 Å². The standard InChI is InChI=1S/C10H8Cl2N2O3/c11-6-3-5(4-7(12)10(6)13)14-8(15)1-2-9(16)17/h1-4H,13H2,(H,14,15)(H,16,17)/b2-1+. The molecule has 1 amide bonds. The van der Waals surface area contributed by atoms with Gasteiger partial charge in [-0.3, -0.25) is 4.79 Å².